The van der Waals surface area contributed by atoms with Crippen LogP contribution in [0.1, 0.15) is 26.3 Å². The van der Waals surface area contributed by atoms with E-state index in [1.807, 2.05) is 0 Å². The van der Waals surface area contributed by atoms with Crippen molar-refractivity contribution in [3.63, 3.8) is 0 Å². The van der Waals surface area contributed by atoms with Crippen LogP contribution in [0.2, 0.25) is 0 Å². The van der Waals surface area contributed by atoms with Crippen LogP contribution >= 0.6 is 0 Å². The fraction of sp³-hybridized carbons (Fsp3) is 0.263. The average molecular weight is 410 g/mol. The maximum atomic E-state index is 13.1. The normalized spacial score (nSPS) is 14.7. The van der Waals surface area contributed by atoms with Gasteiger partial charge in [-0.1, -0.05) is 12.1 Å². The van der Waals surface area contributed by atoms with Crippen LogP contribution in [0.4, 0.5) is 13.2 Å². The van der Waals surface area contributed by atoms with Gasteiger partial charge in [0.2, 0.25) is 0 Å². The van der Waals surface area contributed by atoms with Gasteiger partial charge in [-0.15, -0.1) is 0 Å². The number of hydrogen-bond acceptors (Lipinski definition) is 5. The van der Waals surface area contributed by atoms with E-state index in [4.69, 9.17) is 0 Å². The van der Waals surface area contributed by atoms with Crippen LogP contribution in [-0.2, 0) is 6.18 Å². The summed E-state index contributed by atoms with van der Waals surface area (Å²) in [5.41, 5.74) is -1.54. The maximum absolute atomic E-state index is 13.1. The fourth-order valence-electron chi connectivity index (χ4n) is 3.11. The Morgan fingerprint density at radius 3 is 1.83 bits per heavy atom. The molecule has 1 saturated heterocycles. The number of rotatable bonds is 2. The Morgan fingerprint density at radius 2 is 1.31 bits per heavy atom. The summed E-state index contributed by atoms with van der Waals surface area (Å²) in [6, 6.07) is 6.51. The van der Waals surface area contributed by atoms with Crippen LogP contribution < -0.4 is 0 Å². The third-order valence-electron chi connectivity index (χ3n) is 4.63. The zero-order valence-electron chi connectivity index (χ0n) is 15.0. The lowest BCUT2D eigenvalue weighted by molar-refractivity contribution is -0.138. The molecule has 0 saturated carbocycles. The predicted octanol–water partition coefficient (Wildman–Crippen LogP) is 2.42. The minimum atomic E-state index is -4.66. The molecule has 0 bridgehead atoms. The predicted molar refractivity (Wildman–Crippen MR) is 94.7 cm³/mol. The second kappa shape index (κ2) is 7.53. The van der Waals surface area contributed by atoms with Crippen molar-refractivity contribution in [1.82, 2.24) is 9.80 Å². The number of alkyl halides is 3. The van der Waals surface area contributed by atoms with Crippen molar-refractivity contribution in [2.75, 3.05) is 26.2 Å². The highest BCUT2D eigenvalue weighted by atomic mass is 19.4. The molecule has 0 spiro atoms. The summed E-state index contributed by atoms with van der Waals surface area (Å²) < 4.78 is 39.4. The van der Waals surface area contributed by atoms with Crippen LogP contribution in [0, 0.1) is 0 Å². The summed E-state index contributed by atoms with van der Waals surface area (Å²) in [5.74, 6) is -3.40. The number of carbonyl (C=O) groups is 2. The van der Waals surface area contributed by atoms with E-state index in [1.54, 1.807) is 0 Å². The van der Waals surface area contributed by atoms with Crippen LogP contribution in [0.3, 0.4) is 0 Å². The minimum absolute atomic E-state index is 0.0206. The summed E-state index contributed by atoms with van der Waals surface area (Å²) in [5, 5.41) is 28.4. The molecule has 1 heterocycles. The molecule has 2 aromatic rings. The monoisotopic (exact) mass is 410 g/mol. The number of phenolic OH excluding ortho intramolecular Hbond substituents is 3. The molecule has 7 nitrogen and oxygen atoms in total. The molecule has 2 aromatic carbocycles. The van der Waals surface area contributed by atoms with Gasteiger partial charge in [-0.25, -0.2) is 0 Å². The van der Waals surface area contributed by atoms with Gasteiger partial charge in [0.15, 0.2) is 17.2 Å². The molecule has 10 heteroatoms. The summed E-state index contributed by atoms with van der Waals surface area (Å²) in [6.45, 7) is 0.155. The number of carbonyl (C=O) groups excluding carboxylic acids is 2. The van der Waals surface area contributed by atoms with Crippen LogP contribution in [0.15, 0.2) is 36.4 Å². The molecule has 0 aliphatic carbocycles. The van der Waals surface area contributed by atoms with Crippen molar-refractivity contribution in [2.24, 2.45) is 0 Å². The number of hydrogen-bond donors (Lipinski definition) is 3. The first kappa shape index (κ1) is 20.3. The molecule has 0 radical (unpaired) electrons. The van der Waals surface area contributed by atoms with E-state index in [0.29, 0.717) is 0 Å². The van der Waals surface area contributed by atoms with Crippen molar-refractivity contribution in [1.29, 1.82) is 0 Å². The lowest BCUT2D eigenvalue weighted by atomic mass is 10.1. The highest BCUT2D eigenvalue weighted by molar-refractivity contribution is 5.97. The second-order valence-corrected chi connectivity index (χ2v) is 6.49. The van der Waals surface area contributed by atoms with Crippen LogP contribution in [0.25, 0.3) is 0 Å². The van der Waals surface area contributed by atoms with Gasteiger partial charge in [0.05, 0.1) is 11.1 Å². The topological polar surface area (TPSA) is 101 Å². The molecule has 0 aromatic heterocycles. The molecule has 154 valence electrons. The number of aromatic hydroxyl groups is 3. The Bertz CT molecular complexity index is 930. The number of nitrogens with zero attached hydrogens (tertiary/aromatic N) is 2. The molecule has 0 atom stereocenters. The summed E-state index contributed by atoms with van der Waals surface area (Å²) in [7, 11) is 0. The Hall–Kier alpha value is -3.43. The average Bonchev–Trinajstić information content (AvgIpc) is 2.70. The van der Waals surface area contributed by atoms with E-state index in [-0.39, 0.29) is 31.7 Å². The van der Waals surface area contributed by atoms with Crippen molar-refractivity contribution in [3.05, 3.63) is 53.1 Å². The van der Waals surface area contributed by atoms with Gasteiger partial charge in [-0.05, 0) is 24.3 Å². The van der Waals surface area contributed by atoms with E-state index in [9.17, 15) is 38.1 Å². The zero-order valence-corrected chi connectivity index (χ0v) is 15.0. The maximum Gasteiger partial charge on any atom is 0.417 e. The van der Waals surface area contributed by atoms with Gasteiger partial charge in [0, 0.05) is 31.7 Å². The Kier molecular flexibility index (Phi) is 5.27. The largest absolute Gasteiger partial charge is 0.504 e. The van der Waals surface area contributed by atoms with Crippen molar-refractivity contribution in [2.45, 2.75) is 6.18 Å². The van der Waals surface area contributed by atoms with Gasteiger partial charge in [0.25, 0.3) is 11.8 Å². The molecule has 29 heavy (non-hydrogen) atoms. The van der Waals surface area contributed by atoms with E-state index in [0.717, 1.165) is 24.3 Å². The molecule has 1 aliphatic heterocycles. The van der Waals surface area contributed by atoms with Gasteiger partial charge >= 0.3 is 6.18 Å². The molecule has 0 unspecified atom stereocenters. The summed E-state index contributed by atoms with van der Waals surface area (Å²) in [4.78, 5) is 27.7. The lowest BCUT2D eigenvalue weighted by Crippen LogP contribution is -2.50. The van der Waals surface area contributed by atoms with Gasteiger partial charge in [-0.2, -0.15) is 13.2 Å². The van der Waals surface area contributed by atoms with E-state index in [1.165, 1.54) is 21.9 Å². The van der Waals surface area contributed by atoms with Gasteiger partial charge in [-0.3, -0.25) is 9.59 Å². The number of piperazine rings is 1. The number of amides is 2. The Balaban J connectivity index is 1.71. The van der Waals surface area contributed by atoms with Crippen molar-refractivity contribution in [3.8, 4) is 17.2 Å². The number of benzene rings is 2. The number of phenols is 3. The lowest BCUT2D eigenvalue weighted by Gasteiger charge is -2.35. The minimum Gasteiger partial charge on any atom is -0.504 e. The molecular formula is C19H17F3N2O5. The first-order chi connectivity index (χ1) is 13.6. The van der Waals surface area contributed by atoms with Crippen molar-refractivity contribution < 1.29 is 38.1 Å². The quantitative estimate of drug-likeness (QED) is 0.660. The van der Waals surface area contributed by atoms with E-state index in [2.05, 4.69) is 0 Å². The molecule has 1 fully saturated rings. The Labute approximate surface area is 163 Å². The van der Waals surface area contributed by atoms with E-state index >= 15 is 0 Å². The number of halogens is 3. The summed E-state index contributed by atoms with van der Waals surface area (Å²) >= 11 is 0. The third-order valence-corrected chi connectivity index (χ3v) is 4.63. The van der Waals surface area contributed by atoms with Crippen molar-refractivity contribution >= 4 is 11.8 Å². The first-order valence-corrected chi connectivity index (χ1v) is 8.59. The van der Waals surface area contributed by atoms with Crippen LogP contribution in [-0.4, -0.2) is 63.1 Å². The highest BCUT2D eigenvalue weighted by Gasteiger charge is 2.36. The SMILES string of the molecule is O=C(c1cc(O)c(O)c(O)c1)N1CCN(C(=O)c2ccccc2C(F)(F)F)CC1. The highest BCUT2D eigenvalue weighted by Crippen LogP contribution is 2.36. The fourth-order valence-corrected chi connectivity index (χ4v) is 3.11. The molecular weight excluding hydrogens is 393 g/mol. The van der Waals surface area contributed by atoms with Gasteiger partial charge < -0.3 is 25.1 Å². The van der Waals surface area contributed by atoms with Gasteiger partial charge in [0.1, 0.15) is 0 Å². The first-order valence-electron chi connectivity index (χ1n) is 8.59. The second-order valence-electron chi connectivity index (χ2n) is 6.49. The third kappa shape index (κ3) is 4.05. The Morgan fingerprint density at radius 1 is 0.828 bits per heavy atom. The molecule has 2 amide bonds. The molecule has 1 aliphatic rings. The molecule has 3 N–H and O–H groups in total. The van der Waals surface area contributed by atoms with Crippen LogP contribution in [0.5, 0.6) is 17.2 Å². The smallest absolute Gasteiger partial charge is 0.417 e. The summed E-state index contributed by atoms with van der Waals surface area (Å²) in [6.07, 6.45) is -4.66. The molecule has 3 rings (SSSR count). The standard InChI is InChI=1S/C19H17F3N2O5/c20-19(21,22)13-4-2-1-3-12(13)18(29)24-7-5-23(6-8-24)17(28)11-9-14(25)16(27)15(26)10-11/h1-4,9-10,25-27H,5-8H2. The zero-order chi connectivity index (χ0) is 21.3. The van der Waals surface area contributed by atoms with E-state index < -0.39 is 46.4 Å².